The number of nitrogens with one attached hydrogen (secondary N) is 2. The highest BCUT2D eigenvalue weighted by molar-refractivity contribution is 7.98. The highest BCUT2D eigenvalue weighted by atomic mass is 32.2. The molecule has 0 aliphatic heterocycles. The van der Waals surface area contributed by atoms with Crippen LogP contribution in [-0.2, 0) is 11.3 Å². The number of benzene rings is 1. The Bertz CT molecular complexity index is 371. The SMILES string of the molecule is CN=C(NCCCSC)NCCOCc1ccccc1. The van der Waals surface area contributed by atoms with Crippen molar-refractivity contribution in [2.24, 2.45) is 4.99 Å². The van der Waals surface area contributed by atoms with E-state index in [9.17, 15) is 0 Å². The summed E-state index contributed by atoms with van der Waals surface area (Å²) in [5.41, 5.74) is 1.20. The molecule has 2 N–H and O–H groups in total. The van der Waals surface area contributed by atoms with Gasteiger partial charge in [-0.15, -0.1) is 0 Å². The molecule has 0 atom stereocenters. The summed E-state index contributed by atoms with van der Waals surface area (Å²) in [5, 5.41) is 6.52. The number of hydrogen-bond acceptors (Lipinski definition) is 3. The lowest BCUT2D eigenvalue weighted by atomic mass is 10.2. The Kier molecular flexibility index (Phi) is 9.79. The van der Waals surface area contributed by atoms with Crippen LogP contribution in [0.4, 0.5) is 0 Å². The lowest BCUT2D eigenvalue weighted by molar-refractivity contribution is 0.125. The smallest absolute Gasteiger partial charge is 0.191 e. The zero-order valence-electron chi connectivity index (χ0n) is 12.4. The molecule has 0 fully saturated rings. The molecule has 20 heavy (non-hydrogen) atoms. The topological polar surface area (TPSA) is 45.7 Å². The molecule has 5 heteroatoms. The van der Waals surface area contributed by atoms with Gasteiger partial charge in [-0.05, 0) is 24.0 Å². The average molecular weight is 295 g/mol. The van der Waals surface area contributed by atoms with Gasteiger partial charge < -0.3 is 15.4 Å². The molecule has 112 valence electrons. The predicted octanol–water partition coefficient (Wildman–Crippen LogP) is 2.12. The van der Waals surface area contributed by atoms with Gasteiger partial charge in [0, 0.05) is 20.1 Å². The first-order chi connectivity index (χ1) is 9.86. The van der Waals surface area contributed by atoms with Crippen LogP contribution < -0.4 is 10.6 Å². The average Bonchev–Trinajstić information content (AvgIpc) is 2.50. The molecule has 1 rings (SSSR count). The summed E-state index contributed by atoms with van der Waals surface area (Å²) in [5.74, 6) is 2.01. The zero-order chi connectivity index (χ0) is 14.5. The van der Waals surface area contributed by atoms with E-state index in [0.717, 1.165) is 25.5 Å². The molecule has 0 saturated heterocycles. The van der Waals surface area contributed by atoms with Gasteiger partial charge in [0.2, 0.25) is 0 Å². The Hall–Kier alpha value is -1.20. The lowest BCUT2D eigenvalue weighted by Crippen LogP contribution is -2.39. The van der Waals surface area contributed by atoms with E-state index in [4.69, 9.17) is 4.74 Å². The minimum Gasteiger partial charge on any atom is -0.375 e. The van der Waals surface area contributed by atoms with Gasteiger partial charge in [0.25, 0.3) is 0 Å². The van der Waals surface area contributed by atoms with E-state index in [1.54, 1.807) is 7.05 Å². The van der Waals surface area contributed by atoms with E-state index >= 15 is 0 Å². The van der Waals surface area contributed by atoms with Crippen molar-refractivity contribution in [3.8, 4) is 0 Å². The molecular weight excluding hydrogens is 270 g/mol. The van der Waals surface area contributed by atoms with Gasteiger partial charge in [-0.2, -0.15) is 11.8 Å². The van der Waals surface area contributed by atoms with Crippen LogP contribution in [0.5, 0.6) is 0 Å². The van der Waals surface area contributed by atoms with E-state index in [1.165, 1.54) is 11.3 Å². The van der Waals surface area contributed by atoms with Gasteiger partial charge >= 0.3 is 0 Å². The fourth-order valence-corrected chi connectivity index (χ4v) is 2.08. The number of nitrogens with zero attached hydrogens (tertiary/aromatic N) is 1. The van der Waals surface area contributed by atoms with E-state index in [0.29, 0.717) is 13.2 Å². The molecule has 0 unspecified atom stereocenters. The van der Waals surface area contributed by atoms with Gasteiger partial charge in [-0.25, -0.2) is 0 Å². The second kappa shape index (κ2) is 11.6. The van der Waals surface area contributed by atoms with Crippen molar-refractivity contribution in [2.45, 2.75) is 13.0 Å². The van der Waals surface area contributed by atoms with Crippen LogP contribution in [-0.4, -0.2) is 44.7 Å². The number of thioether (sulfide) groups is 1. The molecule has 1 aromatic rings. The summed E-state index contributed by atoms with van der Waals surface area (Å²) < 4.78 is 5.61. The minimum absolute atomic E-state index is 0.655. The molecule has 0 spiro atoms. The van der Waals surface area contributed by atoms with Gasteiger partial charge in [0.15, 0.2) is 5.96 Å². The van der Waals surface area contributed by atoms with Crippen LogP contribution in [0.15, 0.2) is 35.3 Å². The van der Waals surface area contributed by atoms with Gasteiger partial charge in [0.1, 0.15) is 0 Å². The highest BCUT2D eigenvalue weighted by Gasteiger charge is 1.96. The molecule has 1 aromatic carbocycles. The van der Waals surface area contributed by atoms with Crippen molar-refractivity contribution in [2.75, 3.05) is 38.8 Å². The number of hydrogen-bond donors (Lipinski definition) is 2. The molecular formula is C15H25N3OS. The normalized spacial score (nSPS) is 11.4. The van der Waals surface area contributed by atoms with Gasteiger partial charge in [0.05, 0.1) is 13.2 Å². The number of rotatable bonds is 9. The molecule has 0 bridgehead atoms. The van der Waals surface area contributed by atoms with Crippen molar-refractivity contribution < 1.29 is 4.74 Å². The summed E-state index contributed by atoms with van der Waals surface area (Å²) in [4.78, 5) is 4.17. The quantitative estimate of drug-likeness (QED) is 0.416. The van der Waals surface area contributed by atoms with Crippen LogP contribution >= 0.6 is 11.8 Å². The Labute approximate surface area is 126 Å². The number of guanidine groups is 1. The molecule has 0 saturated carbocycles. The van der Waals surface area contributed by atoms with Crippen LogP contribution in [0.1, 0.15) is 12.0 Å². The minimum atomic E-state index is 0.655. The lowest BCUT2D eigenvalue weighted by Gasteiger charge is -2.11. The largest absolute Gasteiger partial charge is 0.375 e. The van der Waals surface area contributed by atoms with Crippen LogP contribution in [0.2, 0.25) is 0 Å². The number of aliphatic imine (C=N–C) groups is 1. The third-order valence-corrected chi connectivity index (χ3v) is 3.39. The summed E-state index contributed by atoms with van der Waals surface area (Å²) in [6, 6.07) is 10.2. The Balaban J connectivity index is 2.04. The number of ether oxygens (including phenoxy) is 1. The first-order valence-electron chi connectivity index (χ1n) is 6.92. The molecule has 0 heterocycles. The zero-order valence-corrected chi connectivity index (χ0v) is 13.2. The fourth-order valence-electron chi connectivity index (χ4n) is 1.65. The Morgan fingerprint density at radius 2 is 1.95 bits per heavy atom. The Morgan fingerprint density at radius 3 is 2.65 bits per heavy atom. The second-order valence-electron chi connectivity index (χ2n) is 4.31. The third kappa shape index (κ3) is 8.07. The van der Waals surface area contributed by atoms with E-state index in [2.05, 4.69) is 34.0 Å². The van der Waals surface area contributed by atoms with Crippen LogP contribution in [0, 0.1) is 0 Å². The monoisotopic (exact) mass is 295 g/mol. The maximum Gasteiger partial charge on any atom is 0.191 e. The van der Waals surface area contributed by atoms with E-state index in [1.807, 2.05) is 30.0 Å². The standard InChI is InChI=1S/C15H25N3OS/c1-16-15(17-9-6-12-20-2)18-10-11-19-13-14-7-4-3-5-8-14/h3-5,7-8H,6,9-13H2,1-2H3,(H2,16,17,18). The molecule has 4 nitrogen and oxygen atoms in total. The predicted molar refractivity (Wildman–Crippen MR) is 88.5 cm³/mol. The summed E-state index contributed by atoms with van der Waals surface area (Å²) in [6.45, 7) is 3.03. The first-order valence-corrected chi connectivity index (χ1v) is 8.31. The van der Waals surface area contributed by atoms with Crippen molar-refractivity contribution in [3.63, 3.8) is 0 Å². The summed E-state index contributed by atoms with van der Waals surface area (Å²) in [6.07, 6.45) is 3.27. The van der Waals surface area contributed by atoms with E-state index in [-0.39, 0.29) is 0 Å². The van der Waals surface area contributed by atoms with Gasteiger partial charge in [-0.1, -0.05) is 30.3 Å². The molecule has 0 aromatic heterocycles. The molecule has 0 radical (unpaired) electrons. The van der Waals surface area contributed by atoms with Crippen molar-refractivity contribution in [1.82, 2.24) is 10.6 Å². The van der Waals surface area contributed by atoms with Crippen molar-refractivity contribution in [1.29, 1.82) is 0 Å². The summed E-state index contributed by atoms with van der Waals surface area (Å²) >= 11 is 1.86. The maximum atomic E-state index is 5.61. The maximum absolute atomic E-state index is 5.61. The second-order valence-corrected chi connectivity index (χ2v) is 5.30. The molecule has 0 aliphatic rings. The van der Waals surface area contributed by atoms with Crippen molar-refractivity contribution >= 4 is 17.7 Å². The highest BCUT2D eigenvalue weighted by Crippen LogP contribution is 1.99. The van der Waals surface area contributed by atoms with Gasteiger partial charge in [-0.3, -0.25) is 4.99 Å². The van der Waals surface area contributed by atoms with Crippen molar-refractivity contribution in [3.05, 3.63) is 35.9 Å². The summed E-state index contributed by atoms with van der Waals surface area (Å²) in [7, 11) is 1.79. The third-order valence-electron chi connectivity index (χ3n) is 2.69. The van der Waals surface area contributed by atoms with Crippen LogP contribution in [0.3, 0.4) is 0 Å². The first kappa shape index (κ1) is 16.9. The fraction of sp³-hybridized carbons (Fsp3) is 0.533. The van der Waals surface area contributed by atoms with E-state index < -0.39 is 0 Å². The molecule has 0 amide bonds. The van der Waals surface area contributed by atoms with Crippen LogP contribution in [0.25, 0.3) is 0 Å². The molecule has 0 aliphatic carbocycles. The Morgan fingerprint density at radius 1 is 1.20 bits per heavy atom.